The quantitative estimate of drug-likeness (QED) is 0.891. The fourth-order valence-electron chi connectivity index (χ4n) is 2.30. The summed E-state index contributed by atoms with van der Waals surface area (Å²) in [6.45, 7) is 4.25. The highest BCUT2D eigenvalue weighted by Crippen LogP contribution is 2.20. The van der Waals surface area contributed by atoms with E-state index in [1.807, 2.05) is 18.5 Å². The highest BCUT2D eigenvalue weighted by atomic mass is 14.7. The Morgan fingerprint density at radius 1 is 1.28 bits per heavy atom. The van der Waals surface area contributed by atoms with E-state index in [9.17, 15) is 0 Å². The van der Waals surface area contributed by atoms with Crippen LogP contribution in [0.5, 0.6) is 0 Å². The Morgan fingerprint density at radius 3 is 2.83 bits per heavy atom. The molecule has 0 aliphatic rings. The molecule has 18 heavy (non-hydrogen) atoms. The van der Waals surface area contributed by atoms with E-state index in [1.54, 1.807) is 0 Å². The van der Waals surface area contributed by atoms with Crippen LogP contribution in [0.15, 0.2) is 42.7 Å². The number of nitrogens with zero attached hydrogens (tertiary/aromatic N) is 1. The van der Waals surface area contributed by atoms with Crippen LogP contribution in [0.3, 0.4) is 0 Å². The Morgan fingerprint density at radius 2 is 2.11 bits per heavy atom. The molecule has 1 unspecified atom stereocenters. The molecular formula is C16H20N2. The predicted molar refractivity (Wildman–Crippen MR) is 75.4 cm³/mol. The molecule has 1 atom stereocenters. The summed E-state index contributed by atoms with van der Waals surface area (Å²) in [5.74, 6) is 0. The van der Waals surface area contributed by atoms with Gasteiger partial charge in [0.2, 0.25) is 0 Å². The van der Waals surface area contributed by atoms with Crippen LogP contribution >= 0.6 is 0 Å². The van der Waals surface area contributed by atoms with Gasteiger partial charge in [0.25, 0.3) is 0 Å². The lowest BCUT2D eigenvalue weighted by atomic mass is 9.95. The van der Waals surface area contributed by atoms with Crippen molar-refractivity contribution < 1.29 is 0 Å². The van der Waals surface area contributed by atoms with Crippen LogP contribution in [-0.2, 0) is 12.8 Å². The number of aryl methyl sites for hydroxylation is 2. The minimum absolute atomic E-state index is 0.0461. The molecular weight excluding hydrogens is 220 g/mol. The molecule has 0 saturated heterocycles. The summed E-state index contributed by atoms with van der Waals surface area (Å²) in [6.07, 6.45) is 5.60. The maximum atomic E-state index is 6.33. The first-order chi connectivity index (χ1) is 8.70. The number of aromatic nitrogens is 1. The number of rotatable bonds is 4. The molecule has 0 bridgehead atoms. The first-order valence-electron chi connectivity index (χ1n) is 6.44. The molecule has 0 spiro atoms. The fourth-order valence-corrected chi connectivity index (χ4v) is 2.30. The van der Waals surface area contributed by atoms with Gasteiger partial charge >= 0.3 is 0 Å². The molecule has 2 nitrogen and oxygen atoms in total. The Kier molecular flexibility index (Phi) is 4.11. The van der Waals surface area contributed by atoms with Crippen LogP contribution in [0.1, 0.15) is 35.2 Å². The largest absolute Gasteiger partial charge is 0.324 e. The third kappa shape index (κ3) is 2.96. The Balaban J connectivity index is 2.19. The first-order valence-corrected chi connectivity index (χ1v) is 6.44. The number of hydrogen-bond donors (Lipinski definition) is 1. The molecule has 0 amide bonds. The average molecular weight is 240 g/mol. The van der Waals surface area contributed by atoms with Crippen molar-refractivity contribution in [1.82, 2.24) is 4.98 Å². The summed E-state index contributed by atoms with van der Waals surface area (Å²) in [6, 6.07) is 10.6. The van der Waals surface area contributed by atoms with Crippen LogP contribution in [0, 0.1) is 6.92 Å². The Bertz CT molecular complexity index is 520. The van der Waals surface area contributed by atoms with Crippen LogP contribution in [-0.4, -0.2) is 4.98 Å². The highest BCUT2D eigenvalue weighted by Gasteiger charge is 2.10. The minimum Gasteiger partial charge on any atom is -0.324 e. The zero-order valence-corrected chi connectivity index (χ0v) is 11.1. The number of benzene rings is 1. The lowest BCUT2D eigenvalue weighted by molar-refractivity contribution is 0.709. The first kappa shape index (κ1) is 12.8. The molecule has 0 aliphatic carbocycles. The monoisotopic (exact) mass is 240 g/mol. The molecule has 1 heterocycles. The highest BCUT2D eigenvalue weighted by molar-refractivity contribution is 5.30. The van der Waals surface area contributed by atoms with Crippen LogP contribution in [0.2, 0.25) is 0 Å². The van der Waals surface area contributed by atoms with Gasteiger partial charge in [-0.05, 0) is 42.5 Å². The lowest BCUT2D eigenvalue weighted by Gasteiger charge is -2.15. The number of pyridine rings is 1. The van der Waals surface area contributed by atoms with Gasteiger partial charge in [-0.2, -0.15) is 0 Å². The van der Waals surface area contributed by atoms with Crippen molar-refractivity contribution in [2.45, 2.75) is 32.7 Å². The van der Waals surface area contributed by atoms with Crippen LogP contribution < -0.4 is 5.73 Å². The van der Waals surface area contributed by atoms with Gasteiger partial charge in [-0.15, -0.1) is 0 Å². The molecule has 94 valence electrons. The van der Waals surface area contributed by atoms with Crippen molar-refractivity contribution >= 4 is 0 Å². The summed E-state index contributed by atoms with van der Waals surface area (Å²) in [5, 5.41) is 0. The SMILES string of the molecule is CCc1cnccc1C(N)Cc1cccc(C)c1. The summed E-state index contributed by atoms with van der Waals surface area (Å²) in [5.41, 5.74) is 11.4. The molecule has 2 aromatic rings. The van der Waals surface area contributed by atoms with E-state index in [4.69, 9.17) is 5.73 Å². The van der Waals surface area contributed by atoms with Gasteiger partial charge in [-0.1, -0.05) is 36.8 Å². The molecule has 2 heteroatoms. The van der Waals surface area contributed by atoms with E-state index in [1.165, 1.54) is 22.3 Å². The van der Waals surface area contributed by atoms with E-state index >= 15 is 0 Å². The summed E-state index contributed by atoms with van der Waals surface area (Å²) < 4.78 is 0. The van der Waals surface area contributed by atoms with E-state index in [0.29, 0.717) is 0 Å². The van der Waals surface area contributed by atoms with Gasteiger partial charge in [-0.25, -0.2) is 0 Å². The van der Waals surface area contributed by atoms with E-state index < -0.39 is 0 Å². The molecule has 0 saturated carbocycles. The molecule has 0 fully saturated rings. The predicted octanol–water partition coefficient (Wildman–Crippen LogP) is 3.19. The van der Waals surface area contributed by atoms with E-state index in [-0.39, 0.29) is 6.04 Å². The molecule has 0 radical (unpaired) electrons. The number of nitrogens with two attached hydrogens (primary N) is 1. The van der Waals surface area contributed by atoms with Crippen molar-refractivity contribution in [2.75, 3.05) is 0 Å². The van der Waals surface area contributed by atoms with E-state index in [0.717, 1.165) is 12.8 Å². The standard InChI is InChI=1S/C16H20N2/c1-3-14-11-18-8-7-15(14)16(17)10-13-6-4-5-12(2)9-13/h4-9,11,16H,3,10,17H2,1-2H3. The number of hydrogen-bond acceptors (Lipinski definition) is 2. The van der Waals surface area contributed by atoms with Gasteiger partial charge in [0.15, 0.2) is 0 Å². The fraction of sp³-hybridized carbons (Fsp3) is 0.312. The summed E-state index contributed by atoms with van der Waals surface area (Å²) in [7, 11) is 0. The molecule has 2 rings (SSSR count). The Labute approximate surface area is 109 Å². The maximum Gasteiger partial charge on any atom is 0.0339 e. The van der Waals surface area contributed by atoms with Gasteiger partial charge in [0.05, 0.1) is 0 Å². The summed E-state index contributed by atoms with van der Waals surface area (Å²) >= 11 is 0. The second-order valence-corrected chi connectivity index (χ2v) is 4.73. The van der Waals surface area contributed by atoms with Crippen molar-refractivity contribution in [2.24, 2.45) is 5.73 Å². The summed E-state index contributed by atoms with van der Waals surface area (Å²) in [4.78, 5) is 4.16. The second-order valence-electron chi connectivity index (χ2n) is 4.73. The third-order valence-corrected chi connectivity index (χ3v) is 3.26. The van der Waals surface area contributed by atoms with Crippen LogP contribution in [0.25, 0.3) is 0 Å². The van der Waals surface area contributed by atoms with E-state index in [2.05, 4.69) is 43.1 Å². The van der Waals surface area contributed by atoms with Crippen molar-refractivity contribution in [3.63, 3.8) is 0 Å². The van der Waals surface area contributed by atoms with Gasteiger partial charge in [-0.3, -0.25) is 4.98 Å². The smallest absolute Gasteiger partial charge is 0.0339 e. The third-order valence-electron chi connectivity index (χ3n) is 3.26. The second kappa shape index (κ2) is 5.78. The minimum atomic E-state index is 0.0461. The van der Waals surface area contributed by atoms with Gasteiger partial charge < -0.3 is 5.73 Å². The zero-order valence-electron chi connectivity index (χ0n) is 11.1. The zero-order chi connectivity index (χ0) is 13.0. The molecule has 1 aromatic carbocycles. The van der Waals surface area contributed by atoms with Gasteiger partial charge in [0.1, 0.15) is 0 Å². The van der Waals surface area contributed by atoms with Crippen molar-refractivity contribution in [3.8, 4) is 0 Å². The molecule has 2 N–H and O–H groups in total. The Hall–Kier alpha value is -1.67. The van der Waals surface area contributed by atoms with Gasteiger partial charge in [0, 0.05) is 18.4 Å². The topological polar surface area (TPSA) is 38.9 Å². The molecule has 0 aliphatic heterocycles. The van der Waals surface area contributed by atoms with Crippen molar-refractivity contribution in [3.05, 3.63) is 65.0 Å². The van der Waals surface area contributed by atoms with Crippen LogP contribution in [0.4, 0.5) is 0 Å². The lowest BCUT2D eigenvalue weighted by Crippen LogP contribution is -2.15. The normalized spacial score (nSPS) is 12.4. The average Bonchev–Trinajstić information content (AvgIpc) is 2.38. The van der Waals surface area contributed by atoms with Crippen molar-refractivity contribution in [1.29, 1.82) is 0 Å². The molecule has 1 aromatic heterocycles. The maximum absolute atomic E-state index is 6.33.